The molecule has 1 aromatic heterocycles. The third-order valence-electron chi connectivity index (χ3n) is 2.91. The summed E-state index contributed by atoms with van der Waals surface area (Å²) in [4.78, 5) is 13.0. The highest BCUT2D eigenvalue weighted by Crippen LogP contribution is 2.22. The number of nitrogens with one attached hydrogen (secondary N) is 2. The van der Waals surface area contributed by atoms with Crippen molar-refractivity contribution in [1.29, 1.82) is 0 Å². The first kappa shape index (κ1) is 14.9. The molecule has 0 radical (unpaired) electrons. The second-order valence-electron chi connectivity index (χ2n) is 4.47. The number of carbonyl (C=O) groups excluding carboxylic acids is 1. The number of anilines is 1. The normalized spacial score (nSPS) is 10.3. The van der Waals surface area contributed by atoms with E-state index in [0.29, 0.717) is 18.7 Å². The predicted octanol–water partition coefficient (Wildman–Crippen LogP) is 4.07. The van der Waals surface area contributed by atoms with Crippen molar-refractivity contribution in [3.8, 4) is 0 Å². The smallest absolute Gasteiger partial charge is 0.251 e. The van der Waals surface area contributed by atoms with Crippen LogP contribution in [0.5, 0.6) is 0 Å². The van der Waals surface area contributed by atoms with Gasteiger partial charge in [-0.2, -0.15) is 0 Å². The number of carbonyl (C=O) groups is 1. The van der Waals surface area contributed by atoms with E-state index in [4.69, 9.17) is 11.6 Å². The van der Waals surface area contributed by atoms with E-state index in [1.807, 2.05) is 43.5 Å². The van der Waals surface area contributed by atoms with Gasteiger partial charge in [-0.05, 0) is 37.6 Å². The molecular weight excluding hydrogens is 292 g/mol. The van der Waals surface area contributed by atoms with E-state index >= 15 is 0 Å². The van der Waals surface area contributed by atoms with Gasteiger partial charge in [0.05, 0.1) is 5.02 Å². The average molecular weight is 309 g/mol. The Balaban J connectivity index is 2.10. The van der Waals surface area contributed by atoms with Gasteiger partial charge in [-0.25, -0.2) is 0 Å². The Morgan fingerprint density at radius 3 is 2.80 bits per heavy atom. The Labute approximate surface area is 128 Å². The molecule has 0 bridgehead atoms. The topological polar surface area (TPSA) is 41.1 Å². The van der Waals surface area contributed by atoms with Crippen molar-refractivity contribution in [2.24, 2.45) is 0 Å². The number of amides is 1. The van der Waals surface area contributed by atoms with Crippen LogP contribution in [0.4, 0.5) is 5.69 Å². The lowest BCUT2D eigenvalue weighted by Gasteiger charge is -2.11. The van der Waals surface area contributed by atoms with E-state index < -0.39 is 0 Å². The summed E-state index contributed by atoms with van der Waals surface area (Å²) < 4.78 is 0. The number of thiophene rings is 1. The average Bonchev–Trinajstić information content (AvgIpc) is 2.84. The van der Waals surface area contributed by atoms with Crippen LogP contribution in [0.3, 0.4) is 0 Å². The van der Waals surface area contributed by atoms with Crippen molar-refractivity contribution in [3.63, 3.8) is 0 Å². The summed E-state index contributed by atoms with van der Waals surface area (Å²) in [5, 5.41) is 8.83. The molecule has 2 aromatic rings. The van der Waals surface area contributed by atoms with Gasteiger partial charge in [-0.1, -0.05) is 17.7 Å². The summed E-state index contributed by atoms with van der Waals surface area (Å²) in [6.45, 7) is 5.26. The fourth-order valence-electron chi connectivity index (χ4n) is 1.85. The fourth-order valence-corrected chi connectivity index (χ4v) is 2.86. The van der Waals surface area contributed by atoms with Gasteiger partial charge in [0.2, 0.25) is 0 Å². The minimum atomic E-state index is -0.0466. The van der Waals surface area contributed by atoms with Gasteiger partial charge in [-0.3, -0.25) is 4.79 Å². The Morgan fingerprint density at radius 1 is 1.35 bits per heavy atom. The maximum absolute atomic E-state index is 11.8. The fraction of sp³-hybridized carbons (Fsp3) is 0.267. The lowest BCUT2D eigenvalue weighted by Crippen LogP contribution is -2.22. The molecule has 0 atom stereocenters. The maximum Gasteiger partial charge on any atom is 0.251 e. The molecule has 0 spiro atoms. The number of rotatable bonds is 5. The summed E-state index contributed by atoms with van der Waals surface area (Å²) in [5.74, 6) is -0.0466. The summed E-state index contributed by atoms with van der Waals surface area (Å²) in [5.41, 5.74) is 2.75. The van der Waals surface area contributed by atoms with Crippen molar-refractivity contribution in [1.82, 2.24) is 5.32 Å². The van der Waals surface area contributed by atoms with E-state index in [-0.39, 0.29) is 5.91 Å². The molecule has 0 saturated carbocycles. The van der Waals surface area contributed by atoms with Crippen molar-refractivity contribution < 1.29 is 4.79 Å². The maximum atomic E-state index is 11.8. The minimum Gasteiger partial charge on any atom is -0.380 e. The van der Waals surface area contributed by atoms with Crippen LogP contribution in [-0.4, -0.2) is 12.5 Å². The molecule has 0 aliphatic heterocycles. The summed E-state index contributed by atoms with van der Waals surface area (Å²) in [6, 6.07) is 7.62. The largest absolute Gasteiger partial charge is 0.380 e. The first-order valence-corrected chi connectivity index (χ1v) is 7.71. The second-order valence-corrected chi connectivity index (χ2v) is 5.91. The van der Waals surface area contributed by atoms with Crippen molar-refractivity contribution in [2.75, 3.05) is 11.9 Å². The van der Waals surface area contributed by atoms with Crippen LogP contribution < -0.4 is 10.6 Å². The first-order valence-electron chi connectivity index (χ1n) is 6.45. The number of hydrogen-bond donors (Lipinski definition) is 2. The molecule has 1 heterocycles. The highest BCUT2D eigenvalue weighted by molar-refractivity contribution is 7.10. The van der Waals surface area contributed by atoms with Gasteiger partial charge in [0, 0.05) is 34.6 Å². The van der Waals surface area contributed by atoms with Gasteiger partial charge in [-0.15, -0.1) is 11.3 Å². The zero-order chi connectivity index (χ0) is 14.5. The lowest BCUT2D eigenvalue weighted by atomic mass is 10.1. The van der Waals surface area contributed by atoms with Crippen molar-refractivity contribution >= 4 is 34.5 Å². The molecule has 5 heteroatoms. The number of hydrogen-bond acceptors (Lipinski definition) is 3. The standard InChI is InChI=1S/C15H17ClN2OS/c1-3-17-15(19)11-5-4-10(2)14(6-11)18-8-13-7-12(16)9-20-13/h4-7,9,18H,3,8H2,1-2H3,(H,17,19). The number of halogens is 1. The minimum absolute atomic E-state index is 0.0466. The molecule has 106 valence electrons. The van der Waals surface area contributed by atoms with E-state index in [1.165, 1.54) is 0 Å². The summed E-state index contributed by atoms with van der Waals surface area (Å²) in [7, 11) is 0. The third kappa shape index (κ3) is 3.74. The third-order valence-corrected chi connectivity index (χ3v) is 4.20. The zero-order valence-corrected chi connectivity index (χ0v) is 13.1. The highest BCUT2D eigenvalue weighted by atomic mass is 35.5. The quantitative estimate of drug-likeness (QED) is 0.874. The molecule has 0 aliphatic rings. The highest BCUT2D eigenvalue weighted by Gasteiger charge is 2.07. The van der Waals surface area contributed by atoms with Crippen LogP contribution in [0.15, 0.2) is 29.6 Å². The molecule has 1 amide bonds. The van der Waals surface area contributed by atoms with Gasteiger partial charge < -0.3 is 10.6 Å². The van der Waals surface area contributed by atoms with Gasteiger partial charge in [0.1, 0.15) is 0 Å². The lowest BCUT2D eigenvalue weighted by molar-refractivity contribution is 0.0956. The molecule has 0 fully saturated rings. The number of benzene rings is 1. The molecule has 0 saturated heterocycles. The SMILES string of the molecule is CCNC(=O)c1ccc(C)c(NCc2cc(Cl)cs2)c1. The van der Waals surface area contributed by atoms with Crippen LogP contribution in [0.25, 0.3) is 0 Å². The van der Waals surface area contributed by atoms with Crippen LogP contribution in [0.1, 0.15) is 27.7 Å². The summed E-state index contributed by atoms with van der Waals surface area (Å²) in [6.07, 6.45) is 0. The van der Waals surface area contributed by atoms with Crippen molar-refractivity contribution in [3.05, 3.63) is 50.7 Å². The summed E-state index contributed by atoms with van der Waals surface area (Å²) >= 11 is 7.52. The molecule has 1 aromatic carbocycles. The number of aryl methyl sites for hydroxylation is 1. The monoisotopic (exact) mass is 308 g/mol. The van der Waals surface area contributed by atoms with E-state index in [0.717, 1.165) is 21.2 Å². The molecule has 2 N–H and O–H groups in total. The Morgan fingerprint density at radius 2 is 2.15 bits per heavy atom. The molecule has 2 rings (SSSR count). The molecular formula is C15H17ClN2OS. The Hall–Kier alpha value is -1.52. The first-order chi connectivity index (χ1) is 9.60. The van der Waals surface area contributed by atoms with E-state index in [9.17, 15) is 4.79 Å². The molecule has 20 heavy (non-hydrogen) atoms. The van der Waals surface area contributed by atoms with Crippen LogP contribution in [-0.2, 0) is 6.54 Å². The van der Waals surface area contributed by atoms with Crippen molar-refractivity contribution in [2.45, 2.75) is 20.4 Å². The Bertz CT molecular complexity index is 610. The predicted molar refractivity (Wildman–Crippen MR) is 85.8 cm³/mol. The van der Waals surface area contributed by atoms with Gasteiger partial charge >= 0.3 is 0 Å². The van der Waals surface area contributed by atoms with E-state index in [1.54, 1.807) is 11.3 Å². The van der Waals surface area contributed by atoms with Crippen LogP contribution in [0.2, 0.25) is 5.02 Å². The van der Waals surface area contributed by atoms with E-state index in [2.05, 4.69) is 10.6 Å². The molecule has 0 aliphatic carbocycles. The molecule has 0 unspecified atom stereocenters. The second kappa shape index (κ2) is 6.77. The van der Waals surface area contributed by atoms with Crippen LogP contribution >= 0.6 is 22.9 Å². The molecule has 3 nitrogen and oxygen atoms in total. The van der Waals surface area contributed by atoms with Gasteiger partial charge in [0.15, 0.2) is 0 Å². The Kier molecular flexibility index (Phi) is 5.04. The van der Waals surface area contributed by atoms with Gasteiger partial charge in [0.25, 0.3) is 5.91 Å². The zero-order valence-electron chi connectivity index (χ0n) is 11.5. The van der Waals surface area contributed by atoms with Crippen LogP contribution in [0, 0.1) is 6.92 Å².